The van der Waals surface area contributed by atoms with Gasteiger partial charge in [-0.3, -0.25) is 19.3 Å². The van der Waals surface area contributed by atoms with E-state index >= 15 is 0 Å². The van der Waals surface area contributed by atoms with E-state index in [2.05, 4.69) is 0 Å². The molecule has 1 aromatic carbocycles. The molecule has 2 aliphatic rings. The first kappa shape index (κ1) is 22.6. The Kier molecular flexibility index (Phi) is 6.71. The fraction of sp³-hybridized carbons (Fsp3) is 0.526. The highest BCUT2D eigenvalue weighted by atomic mass is 35.5. The molecule has 3 amide bonds. The number of benzene rings is 1. The lowest BCUT2D eigenvalue weighted by molar-refractivity contribution is -0.135. The molecule has 1 fully saturated rings. The smallest absolute Gasteiger partial charge is 0.263 e. The van der Waals surface area contributed by atoms with Gasteiger partial charge >= 0.3 is 0 Å². The summed E-state index contributed by atoms with van der Waals surface area (Å²) in [6.07, 6.45) is 0.930. The Morgan fingerprint density at radius 3 is 1.97 bits per heavy atom. The van der Waals surface area contributed by atoms with Gasteiger partial charge in [0.1, 0.15) is 6.04 Å². The van der Waals surface area contributed by atoms with Gasteiger partial charge in [0.2, 0.25) is 5.91 Å². The van der Waals surface area contributed by atoms with Crippen molar-refractivity contribution >= 4 is 64.1 Å². The minimum absolute atomic E-state index is 0.0483. The maximum absolute atomic E-state index is 13.3. The van der Waals surface area contributed by atoms with Gasteiger partial charge in [-0.1, -0.05) is 60.3 Å². The third-order valence-electron chi connectivity index (χ3n) is 5.21. The number of nitrogens with zero attached hydrogens (tertiary/aromatic N) is 2. The van der Waals surface area contributed by atoms with E-state index in [4.69, 9.17) is 51.1 Å². The maximum atomic E-state index is 13.3. The summed E-state index contributed by atoms with van der Waals surface area (Å²) in [5.41, 5.74) is -0.234. The predicted molar refractivity (Wildman–Crippen MR) is 112 cm³/mol. The first-order valence-electron chi connectivity index (χ1n) is 9.15. The molecule has 0 aromatic heterocycles. The monoisotopic (exact) mass is 480 g/mol. The third kappa shape index (κ3) is 3.86. The number of hydrogen-bond donors (Lipinski definition) is 0. The number of carbonyl (C=O) groups is 3. The van der Waals surface area contributed by atoms with E-state index in [0.717, 1.165) is 4.90 Å². The van der Waals surface area contributed by atoms with Gasteiger partial charge in [0.05, 0.1) is 37.3 Å². The number of carbonyl (C=O) groups excluding carboxylic acids is 3. The number of rotatable bonds is 5. The number of hydrogen-bond acceptors (Lipinski definition) is 4. The van der Waals surface area contributed by atoms with Crippen molar-refractivity contribution in [3.63, 3.8) is 0 Å². The standard InChI is InChI=1S/C19H20Cl4N2O4/c1-8(2)6-10(17(26)24-5-4-9(7-24)29-3)25-18(27)11-12(19(25)28)14(21)16(23)15(22)13(11)20/h8-10H,4-7H2,1-3H3. The minimum Gasteiger partial charge on any atom is -0.380 e. The molecule has 29 heavy (non-hydrogen) atoms. The second-order valence-electron chi connectivity index (χ2n) is 7.56. The molecular weight excluding hydrogens is 462 g/mol. The SMILES string of the molecule is COC1CCN(C(=O)C(CC(C)C)N2C(=O)c3c(Cl)c(Cl)c(Cl)c(Cl)c3C2=O)C1. The average Bonchev–Trinajstić information content (AvgIpc) is 3.25. The summed E-state index contributed by atoms with van der Waals surface area (Å²) in [7, 11) is 1.59. The van der Waals surface area contributed by atoms with Crippen LogP contribution in [0.4, 0.5) is 0 Å². The zero-order chi connectivity index (χ0) is 21.6. The molecule has 2 unspecified atom stereocenters. The molecule has 1 aromatic rings. The minimum atomic E-state index is -0.984. The Hall–Kier alpha value is -1.05. The van der Waals surface area contributed by atoms with E-state index < -0.39 is 17.9 Å². The van der Waals surface area contributed by atoms with Crippen LogP contribution in [0.15, 0.2) is 0 Å². The molecule has 6 nitrogen and oxygen atoms in total. The molecule has 2 aliphatic heterocycles. The Morgan fingerprint density at radius 1 is 1.03 bits per heavy atom. The Bertz CT molecular complexity index is 843. The highest BCUT2D eigenvalue weighted by molar-refractivity contribution is 6.55. The van der Waals surface area contributed by atoms with Crippen molar-refractivity contribution in [2.75, 3.05) is 20.2 Å². The van der Waals surface area contributed by atoms with Gasteiger partial charge in [-0.2, -0.15) is 0 Å². The molecule has 0 N–H and O–H groups in total. The highest BCUT2D eigenvalue weighted by Gasteiger charge is 2.48. The molecule has 0 bridgehead atoms. The van der Waals surface area contributed by atoms with E-state index in [-0.39, 0.29) is 49.1 Å². The number of fused-ring (bicyclic) bond motifs is 1. The molecule has 2 heterocycles. The lowest BCUT2D eigenvalue weighted by Gasteiger charge is -2.30. The molecule has 158 valence electrons. The summed E-state index contributed by atoms with van der Waals surface area (Å²) in [6, 6.07) is -0.984. The maximum Gasteiger partial charge on any atom is 0.263 e. The molecule has 0 spiro atoms. The molecule has 0 aliphatic carbocycles. The van der Waals surface area contributed by atoms with Gasteiger partial charge in [0, 0.05) is 20.2 Å². The number of amides is 3. The zero-order valence-electron chi connectivity index (χ0n) is 16.1. The van der Waals surface area contributed by atoms with Gasteiger partial charge in [-0.25, -0.2) is 0 Å². The molecule has 0 radical (unpaired) electrons. The van der Waals surface area contributed by atoms with Gasteiger partial charge in [-0.05, 0) is 18.8 Å². The van der Waals surface area contributed by atoms with E-state index in [9.17, 15) is 14.4 Å². The van der Waals surface area contributed by atoms with E-state index in [1.54, 1.807) is 12.0 Å². The lowest BCUT2D eigenvalue weighted by Crippen LogP contribution is -2.51. The van der Waals surface area contributed by atoms with Crippen LogP contribution in [0, 0.1) is 5.92 Å². The number of ether oxygens (including phenoxy) is 1. The topological polar surface area (TPSA) is 66.9 Å². The van der Waals surface area contributed by atoms with Crippen molar-refractivity contribution in [1.82, 2.24) is 9.80 Å². The molecule has 1 saturated heterocycles. The number of imide groups is 1. The molecule has 10 heteroatoms. The second kappa shape index (κ2) is 8.60. The quantitative estimate of drug-likeness (QED) is 0.351. The van der Waals surface area contributed by atoms with Gasteiger partial charge in [-0.15, -0.1) is 0 Å². The van der Waals surface area contributed by atoms with Crippen LogP contribution in [-0.4, -0.2) is 59.9 Å². The van der Waals surface area contributed by atoms with E-state index in [1.807, 2.05) is 13.8 Å². The summed E-state index contributed by atoms with van der Waals surface area (Å²) in [5, 5.41) is -0.495. The Balaban J connectivity index is 2.02. The summed E-state index contributed by atoms with van der Waals surface area (Å²) in [4.78, 5) is 42.2. The normalized spacial score (nSPS) is 20.1. The van der Waals surface area contributed by atoms with Crippen molar-refractivity contribution in [3.05, 3.63) is 31.2 Å². The first-order valence-corrected chi connectivity index (χ1v) is 10.7. The van der Waals surface area contributed by atoms with Crippen molar-refractivity contribution in [1.29, 1.82) is 0 Å². The molecule has 3 rings (SSSR count). The third-order valence-corrected chi connectivity index (χ3v) is 7.02. The average molecular weight is 482 g/mol. The van der Waals surface area contributed by atoms with E-state index in [0.29, 0.717) is 25.9 Å². The summed E-state index contributed by atoms with van der Waals surface area (Å²) >= 11 is 24.6. The van der Waals surface area contributed by atoms with Gasteiger partial charge in [0.15, 0.2) is 0 Å². The summed E-state index contributed by atoms with van der Waals surface area (Å²) < 4.78 is 5.32. The van der Waals surface area contributed by atoms with E-state index in [1.165, 1.54) is 0 Å². The van der Waals surface area contributed by atoms with Gasteiger partial charge < -0.3 is 9.64 Å². The fourth-order valence-corrected chi connectivity index (χ4v) is 4.76. The second-order valence-corrected chi connectivity index (χ2v) is 9.07. The van der Waals surface area contributed by atoms with Crippen molar-refractivity contribution in [2.24, 2.45) is 5.92 Å². The Labute approximate surface area is 188 Å². The van der Waals surface area contributed by atoms with Crippen LogP contribution >= 0.6 is 46.4 Å². The van der Waals surface area contributed by atoms with Crippen LogP contribution in [0.1, 0.15) is 47.4 Å². The molecular formula is C19H20Cl4N2O4. The molecule has 0 saturated carbocycles. The number of likely N-dealkylation sites (tertiary alicyclic amines) is 1. The highest BCUT2D eigenvalue weighted by Crippen LogP contribution is 2.45. The van der Waals surface area contributed by atoms with Crippen LogP contribution in [0.5, 0.6) is 0 Å². The first-order chi connectivity index (χ1) is 13.6. The summed E-state index contributed by atoms with van der Waals surface area (Å²) in [6.45, 7) is 4.72. The van der Waals surface area contributed by atoms with Gasteiger partial charge in [0.25, 0.3) is 11.8 Å². The van der Waals surface area contributed by atoms with Crippen LogP contribution < -0.4 is 0 Å². The number of halogens is 4. The van der Waals surface area contributed by atoms with Crippen LogP contribution in [-0.2, 0) is 9.53 Å². The number of methoxy groups -OCH3 is 1. The Morgan fingerprint density at radius 2 is 1.55 bits per heavy atom. The van der Waals surface area contributed by atoms with Crippen LogP contribution in [0.3, 0.4) is 0 Å². The van der Waals surface area contributed by atoms with Crippen LogP contribution in [0.2, 0.25) is 20.1 Å². The predicted octanol–water partition coefficient (Wildman–Crippen LogP) is 4.56. The molecule has 2 atom stereocenters. The lowest BCUT2D eigenvalue weighted by atomic mass is 10.0. The fourth-order valence-electron chi connectivity index (χ4n) is 3.74. The van der Waals surface area contributed by atoms with Crippen molar-refractivity contribution in [2.45, 2.75) is 38.8 Å². The summed E-state index contributed by atoms with van der Waals surface area (Å²) in [5.74, 6) is -1.65. The van der Waals surface area contributed by atoms with Crippen molar-refractivity contribution < 1.29 is 19.1 Å². The largest absolute Gasteiger partial charge is 0.380 e. The van der Waals surface area contributed by atoms with Crippen molar-refractivity contribution in [3.8, 4) is 0 Å². The zero-order valence-corrected chi connectivity index (χ0v) is 19.1. The van der Waals surface area contributed by atoms with Crippen LogP contribution in [0.25, 0.3) is 0 Å².